The first kappa shape index (κ1) is 15.6. The van der Waals surface area contributed by atoms with E-state index in [0.717, 1.165) is 12.3 Å². The second kappa shape index (κ2) is 5.38. The first-order valence-corrected chi connectivity index (χ1v) is 9.19. The van der Waals surface area contributed by atoms with Crippen LogP contribution < -0.4 is 5.32 Å². The van der Waals surface area contributed by atoms with Crippen molar-refractivity contribution in [3.8, 4) is 0 Å². The topological polar surface area (TPSA) is 12.0 Å². The standard InChI is InChI=1S/C19H28BrN/c1-5-16(13-7-6-8-15(20)11-13)21-17-12-14-9-10-19(17,4)18(14,2)3/h6-8,11,14,16-17,21H,5,9-10,12H2,1-4H3. The summed E-state index contributed by atoms with van der Waals surface area (Å²) in [5.41, 5.74) is 2.35. The first-order valence-electron chi connectivity index (χ1n) is 8.40. The molecule has 0 saturated heterocycles. The molecule has 1 aromatic rings. The number of halogens is 1. The minimum Gasteiger partial charge on any atom is -0.307 e. The van der Waals surface area contributed by atoms with Crippen molar-refractivity contribution in [1.82, 2.24) is 5.32 Å². The highest BCUT2D eigenvalue weighted by Crippen LogP contribution is 2.65. The second-order valence-corrected chi connectivity index (χ2v) is 8.76. The lowest BCUT2D eigenvalue weighted by atomic mass is 9.69. The quantitative estimate of drug-likeness (QED) is 0.734. The third-order valence-corrected chi connectivity index (χ3v) is 7.35. The van der Waals surface area contributed by atoms with E-state index in [4.69, 9.17) is 0 Å². The Bertz CT molecular complexity index is 524. The Morgan fingerprint density at radius 3 is 2.62 bits per heavy atom. The Kier molecular flexibility index (Phi) is 3.99. The third kappa shape index (κ3) is 2.39. The minimum atomic E-state index is 0.455. The fourth-order valence-electron chi connectivity index (χ4n) is 4.87. The highest BCUT2D eigenvalue weighted by Gasteiger charge is 2.61. The normalized spacial score (nSPS) is 35.1. The summed E-state index contributed by atoms with van der Waals surface area (Å²) in [7, 11) is 0. The largest absolute Gasteiger partial charge is 0.307 e. The smallest absolute Gasteiger partial charge is 0.0320 e. The average Bonchev–Trinajstić information content (AvgIpc) is 2.77. The van der Waals surface area contributed by atoms with Crippen LogP contribution in [0, 0.1) is 16.7 Å². The zero-order chi connectivity index (χ0) is 15.3. The summed E-state index contributed by atoms with van der Waals surface area (Å²) in [5.74, 6) is 0.903. The first-order chi connectivity index (χ1) is 9.88. The predicted octanol–water partition coefficient (Wildman–Crippen LogP) is 5.70. The molecule has 0 aromatic heterocycles. The Balaban J connectivity index is 1.80. The van der Waals surface area contributed by atoms with Crippen molar-refractivity contribution in [2.45, 2.75) is 65.5 Å². The van der Waals surface area contributed by atoms with E-state index in [2.05, 4.69) is 73.2 Å². The molecule has 0 heterocycles. The summed E-state index contributed by atoms with van der Waals surface area (Å²) in [6.07, 6.45) is 5.31. The van der Waals surface area contributed by atoms with E-state index in [1.165, 1.54) is 29.3 Å². The van der Waals surface area contributed by atoms with Gasteiger partial charge in [0.05, 0.1) is 0 Å². The molecule has 2 fully saturated rings. The fraction of sp³-hybridized carbons (Fsp3) is 0.684. The number of nitrogens with one attached hydrogen (secondary N) is 1. The molecule has 2 bridgehead atoms. The van der Waals surface area contributed by atoms with Crippen molar-refractivity contribution in [1.29, 1.82) is 0 Å². The summed E-state index contributed by atoms with van der Waals surface area (Å²) < 4.78 is 1.18. The molecule has 0 radical (unpaired) electrons. The molecule has 0 spiro atoms. The van der Waals surface area contributed by atoms with Gasteiger partial charge in [-0.3, -0.25) is 0 Å². The summed E-state index contributed by atoms with van der Waals surface area (Å²) >= 11 is 3.61. The molecular weight excluding hydrogens is 322 g/mol. The van der Waals surface area contributed by atoms with Gasteiger partial charge in [-0.25, -0.2) is 0 Å². The summed E-state index contributed by atoms with van der Waals surface area (Å²) in [6.45, 7) is 9.80. The number of benzene rings is 1. The SMILES string of the molecule is CCC(NC1CC2CCC1(C)C2(C)C)c1cccc(Br)c1. The number of hydrogen-bond donors (Lipinski definition) is 1. The Labute approximate surface area is 138 Å². The van der Waals surface area contributed by atoms with Crippen LogP contribution >= 0.6 is 15.9 Å². The van der Waals surface area contributed by atoms with Crippen molar-refractivity contribution in [2.75, 3.05) is 0 Å². The van der Waals surface area contributed by atoms with E-state index in [-0.39, 0.29) is 0 Å². The van der Waals surface area contributed by atoms with E-state index >= 15 is 0 Å². The van der Waals surface area contributed by atoms with Crippen molar-refractivity contribution in [3.05, 3.63) is 34.3 Å². The van der Waals surface area contributed by atoms with Gasteiger partial charge in [0.2, 0.25) is 0 Å². The van der Waals surface area contributed by atoms with Gasteiger partial charge >= 0.3 is 0 Å². The molecular formula is C19H28BrN. The van der Waals surface area contributed by atoms with Gasteiger partial charge in [0, 0.05) is 16.6 Å². The van der Waals surface area contributed by atoms with Crippen LogP contribution in [0.25, 0.3) is 0 Å². The molecule has 1 aromatic carbocycles. The zero-order valence-electron chi connectivity index (χ0n) is 13.7. The summed E-state index contributed by atoms with van der Waals surface area (Å²) in [4.78, 5) is 0. The Hall–Kier alpha value is -0.340. The van der Waals surface area contributed by atoms with Crippen LogP contribution in [0.2, 0.25) is 0 Å². The molecule has 116 valence electrons. The molecule has 1 nitrogen and oxygen atoms in total. The molecule has 21 heavy (non-hydrogen) atoms. The highest BCUT2D eigenvalue weighted by molar-refractivity contribution is 9.10. The van der Waals surface area contributed by atoms with Crippen molar-refractivity contribution >= 4 is 15.9 Å². The van der Waals surface area contributed by atoms with E-state index in [1.54, 1.807) is 0 Å². The van der Waals surface area contributed by atoms with Gasteiger partial charge < -0.3 is 5.32 Å². The molecule has 2 saturated carbocycles. The van der Waals surface area contributed by atoms with Gasteiger partial charge in [-0.1, -0.05) is 55.8 Å². The van der Waals surface area contributed by atoms with Crippen LogP contribution in [-0.2, 0) is 0 Å². The van der Waals surface area contributed by atoms with Crippen LogP contribution in [0.3, 0.4) is 0 Å². The third-order valence-electron chi connectivity index (χ3n) is 6.86. The lowest BCUT2D eigenvalue weighted by molar-refractivity contribution is 0.114. The second-order valence-electron chi connectivity index (χ2n) is 7.85. The lowest BCUT2D eigenvalue weighted by Gasteiger charge is -2.41. The van der Waals surface area contributed by atoms with Gasteiger partial charge in [-0.05, 0) is 60.1 Å². The Morgan fingerprint density at radius 1 is 1.33 bits per heavy atom. The van der Waals surface area contributed by atoms with Crippen LogP contribution in [0.1, 0.15) is 65.0 Å². The van der Waals surface area contributed by atoms with Gasteiger partial charge in [0.15, 0.2) is 0 Å². The molecule has 3 rings (SSSR count). The minimum absolute atomic E-state index is 0.455. The highest BCUT2D eigenvalue weighted by atomic mass is 79.9. The van der Waals surface area contributed by atoms with Crippen molar-refractivity contribution in [3.63, 3.8) is 0 Å². The number of rotatable bonds is 4. The van der Waals surface area contributed by atoms with Crippen molar-refractivity contribution < 1.29 is 0 Å². The molecule has 2 heteroatoms. The van der Waals surface area contributed by atoms with Crippen LogP contribution in [0.5, 0.6) is 0 Å². The maximum absolute atomic E-state index is 4.02. The van der Waals surface area contributed by atoms with Gasteiger partial charge in [-0.15, -0.1) is 0 Å². The monoisotopic (exact) mass is 349 g/mol. The number of hydrogen-bond acceptors (Lipinski definition) is 1. The zero-order valence-corrected chi connectivity index (χ0v) is 15.3. The van der Waals surface area contributed by atoms with Crippen molar-refractivity contribution in [2.24, 2.45) is 16.7 Å². The molecule has 0 amide bonds. The average molecular weight is 350 g/mol. The van der Waals surface area contributed by atoms with E-state index in [0.29, 0.717) is 22.9 Å². The fourth-order valence-corrected chi connectivity index (χ4v) is 5.29. The molecule has 0 aliphatic heterocycles. The molecule has 4 atom stereocenters. The van der Waals surface area contributed by atoms with Gasteiger partial charge in [0.25, 0.3) is 0 Å². The summed E-state index contributed by atoms with van der Waals surface area (Å²) in [5, 5.41) is 4.02. The number of fused-ring (bicyclic) bond motifs is 2. The maximum atomic E-state index is 4.02. The molecule has 2 aliphatic carbocycles. The Morgan fingerprint density at radius 2 is 2.10 bits per heavy atom. The lowest BCUT2D eigenvalue weighted by Crippen LogP contribution is -2.45. The van der Waals surface area contributed by atoms with E-state index < -0.39 is 0 Å². The van der Waals surface area contributed by atoms with Gasteiger partial charge in [0.1, 0.15) is 0 Å². The van der Waals surface area contributed by atoms with Crippen LogP contribution in [0.4, 0.5) is 0 Å². The molecule has 4 unspecified atom stereocenters. The van der Waals surface area contributed by atoms with Crippen LogP contribution in [0.15, 0.2) is 28.7 Å². The summed E-state index contributed by atoms with van der Waals surface area (Å²) in [6, 6.07) is 9.91. The molecule has 1 N–H and O–H groups in total. The van der Waals surface area contributed by atoms with Crippen LogP contribution in [-0.4, -0.2) is 6.04 Å². The molecule has 2 aliphatic rings. The maximum Gasteiger partial charge on any atom is 0.0320 e. The van der Waals surface area contributed by atoms with E-state index in [1.807, 2.05) is 0 Å². The van der Waals surface area contributed by atoms with Gasteiger partial charge in [-0.2, -0.15) is 0 Å². The van der Waals surface area contributed by atoms with E-state index in [9.17, 15) is 0 Å². The predicted molar refractivity (Wildman–Crippen MR) is 93.3 cm³/mol.